The third-order valence-corrected chi connectivity index (χ3v) is 25.9. The van der Waals surface area contributed by atoms with Crippen LogP contribution in [0.25, 0.3) is 202 Å². The summed E-state index contributed by atoms with van der Waals surface area (Å²) >= 11 is 0. The number of nitrogens with zero attached hydrogens (tertiary/aromatic N) is 6. The molecule has 22 aromatic rings. The second-order valence-corrected chi connectivity index (χ2v) is 34.4. The zero-order valence-corrected chi connectivity index (χ0v) is 73.6. The van der Waals surface area contributed by atoms with Crippen molar-refractivity contribution in [2.45, 2.75) is 5.41 Å². The lowest BCUT2D eigenvalue weighted by atomic mass is 9.59. The van der Waals surface area contributed by atoms with Gasteiger partial charge in [0.15, 0.2) is 40.7 Å². The molecule has 7 nitrogen and oxygen atoms in total. The summed E-state index contributed by atoms with van der Waals surface area (Å²) in [6, 6.07) is 180. The van der Waals surface area contributed by atoms with Gasteiger partial charge in [-0.05, 0) is 265 Å². The van der Waals surface area contributed by atoms with Crippen molar-refractivity contribution in [1.29, 1.82) is 0 Å². The topological polar surface area (TPSA) is 94.4 Å². The molecule has 0 fully saturated rings. The van der Waals surface area contributed by atoms with Crippen LogP contribution in [0, 0.1) is 0 Å². The zero-order valence-electron chi connectivity index (χ0n) is 73.6. The fourth-order valence-electron chi connectivity index (χ4n) is 19.3. The molecular formula is C128H84N6O. The molecule has 23 rings (SSSR count). The minimum atomic E-state index is -1.19. The Kier molecular flexibility index (Phi) is 21.7. The fourth-order valence-corrected chi connectivity index (χ4v) is 19.3. The molecule has 2 aromatic heterocycles. The lowest BCUT2D eigenvalue weighted by molar-refractivity contribution is 0.103. The van der Waals surface area contributed by atoms with Crippen LogP contribution in [0.5, 0.6) is 0 Å². The van der Waals surface area contributed by atoms with Crippen molar-refractivity contribution >= 4 is 5.78 Å². The highest BCUT2D eigenvalue weighted by Crippen LogP contribution is 2.53. The lowest BCUT2D eigenvalue weighted by Crippen LogP contribution is -2.38. The van der Waals surface area contributed by atoms with E-state index >= 15 is 4.79 Å². The van der Waals surface area contributed by atoms with Gasteiger partial charge in [-0.2, -0.15) is 0 Å². The number of aromatic nitrogens is 6. The molecule has 20 aromatic carbocycles. The van der Waals surface area contributed by atoms with E-state index in [1.54, 1.807) is 0 Å². The molecule has 0 atom stereocenters. The number of hydrogen-bond donors (Lipinski definition) is 0. The standard InChI is InChI=1S/C128H84N6O/c135-121-117-63-25-27-65-119(117)128(120-66-28-26-64-118(120)121,115-61-33-59-101(83-115)126-131-122(97-55-29-51-93(67-97)111-75-103(85-35-9-1-10-36-85)71-104(76-111)86-37-11-2-12-38-86)129-123(132-126)98-56-30-52-94(68-98)112-77-105(87-39-13-3-14-40-87)72-106(78-112)88-41-15-4-16-42-88)116-62-34-60-102(84-116)127-133-124(99-57-31-53-95(69-99)113-79-107(89-43-17-5-18-44-89)73-108(80-113)90-45-19-6-20-46-90)130-125(134-127)100-58-32-54-96(70-100)114-81-109(91-47-21-7-22-48-91)74-110(82-114)92-49-23-8-24-50-92/h1-84H. The van der Waals surface area contributed by atoms with Crippen molar-refractivity contribution in [3.8, 4) is 202 Å². The van der Waals surface area contributed by atoms with Crippen LogP contribution >= 0.6 is 0 Å². The molecule has 0 unspecified atom stereocenters. The van der Waals surface area contributed by atoms with Crippen LogP contribution in [-0.4, -0.2) is 35.7 Å². The Morgan fingerprint density at radius 3 is 0.481 bits per heavy atom. The summed E-state index contributed by atoms with van der Waals surface area (Å²) in [7, 11) is 0. The maximum absolute atomic E-state index is 15.6. The predicted octanol–water partition coefficient (Wildman–Crippen LogP) is 32.0. The van der Waals surface area contributed by atoms with Gasteiger partial charge >= 0.3 is 0 Å². The first-order valence-electron chi connectivity index (χ1n) is 45.7. The number of carbonyl (C=O) groups is 1. The van der Waals surface area contributed by atoms with Gasteiger partial charge in [-0.3, -0.25) is 4.79 Å². The van der Waals surface area contributed by atoms with Crippen LogP contribution in [-0.2, 0) is 5.41 Å². The van der Waals surface area contributed by atoms with Gasteiger partial charge in [0.2, 0.25) is 0 Å². The molecule has 0 amide bonds. The Hall–Kier alpha value is -17.9. The van der Waals surface area contributed by atoms with E-state index in [4.69, 9.17) is 29.9 Å². The SMILES string of the molecule is O=C1c2ccccc2C(c2cccc(-c3nc(-c4cccc(-c5cc(-c6ccccc6)cc(-c6ccccc6)c5)c4)nc(-c4cccc(-c5cc(-c6ccccc6)cc(-c6ccccc6)c5)c4)n3)c2)(c2cccc(-c3nc(-c4cccc(-c5cc(-c6ccccc6)cc(-c6ccccc6)c5)c4)nc(-c4cccc(-c5cc(-c6ccccc6)cc(-c6ccccc6)c5)c4)n3)c2)c2ccccc21. The number of carbonyl (C=O) groups excluding carboxylic acids is 1. The number of hydrogen-bond acceptors (Lipinski definition) is 7. The third kappa shape index (κ3) is 16.3. The van der Waals surface area contributed by atoms with Crippen molar-refractivity contribution < 1.29 is 4.79 Å². The molecule has 0 saturated heterocycles. The molecule has 0 bridgehead atoms. The first-order chi connectivity index (χ1) is 66.7. The molecule has 1 aliphatic carbocycles. The van der Waals surface area contributed by atoms with E-state index in [0.29, 0.717) is 46.1 Å². The summed E-state index contributed by atoms with van der Waals surface area (Å²) in [6.07, 6.45) is 0. The monoisotopic (exact) mass is 1720 g/mol. The molecule has 0 spiro atoms. The Morgan fingerprint density at radius 1 is 0.126 bits per heavy atom. The Bertz CT molecular complexity index is 7130. The van der Waals surface area contributed by atoms with E-state index in [9.17, 15) is 0 Å². The molecule has 0 radical (unpaired) electrons. The largest absolute Gasteiger partial charge is 0.289 e. The molecule has 7 heteroatoms. The highest BCUT2D eigenvalue weighted by Gasteiger charge is 2.47. The molecule has 135 heavy (non-hydrogen) atoms. The minimum absolute atomic E-state index is 0.0612. The van der Waals surface area contributed by atoms with Crippen molar-refractivity contribution in [3.63, 3.8) is 0 Å². The summed E-state index contributed by atoms with van der Waals surface area (Å²) in [5.41, 5.74) is 34.1. The molecule has 2 heterocycles. The Balaban J connectivity index is 0.705. The highest BCUT2D eigenvalue weighted by atomic mass is 16.1. The van der Waals surface area contributed by atoms with Gasteiger partial charge in [0.25, 0.3) is 0 Å². The van der Waals surface area contributed by atoms with Crippen molar-refractivity contribution in [2.24, 2.45) is 0 Å². The van der Waals surface area contributed by atoms with Crippen LogP contribution in [0.2, 0.25) is 0 Å². The normalized spacial score (nSPS) is 11.9. The minimum Gasteiger partial charge on any atom is -0.289 e. The van der Waals surface area contributed by atoms with Gasteiger partial charge in [-0.1, -0.05) is 400 Å². The fraction of sp³-hybridized carbons (Fsp3) is 0.00781. The average Bonchev–Trinajstić information content (AvgIpc) is 0.696. The van der Waals surface area contributed by atoms with Gasteiger partial charge in [0, 0.05) is 44.5 Å². The van der Waals surface area contributed by atoms with Crippen LogP contribution in [0.15, 0.2) is 510 Å². The molecule has 1 aliphatic rings. The first kappa shape index (κ1) is 81.6. The average molecular weight is 1720 g/mol. The van der Waals surface area contributed by atoms with Gasteiger partial charge in [-0.25, -0.2) is 29.9 Å². The lowest BCUT2D eigenvalue weighted by Gasteiger charge is -2.42. The van der Waals surface area contributed by atoms with Gasteiger partial charge in [0.05, 0.1) is 5.41 Å². The molecule has 632 valence electrons. The smallest absolute Gasteiger partial charge is 0.193 e. The van der Waals surface area contributed by atoms with E-state index in [-0.39, 0.29) is 5.78 Å². The summed E-state index contributed by atoms with van der Waals surface area (Å²) in [4.78, 5) is 49.3. The Morgan fingerprint density at radius 2 is 0.274 bits per heavy atom. The quantitative estimate of drug-likeness (QED) is 0.0750. The van der Waals surface area contributed by atoms with Gasteiger partial charge in [0.1, 0.15) is 0 Å². The number of ketones is 1. The summed E-state index contributed by atoms with van der Waals surface area (Å²) in [5, 5.41) is 0. The zero-order chi connectivity index (χ0) is 90.0. The maximum atomic E-state index is 15.6. The van der Waals surface area contributed by atoms with Crippen molar-refractivity contribution in [2.75, 3.05) is 0 Å². The van der Waals surface area contributed by atoms with E-state index in [2.05, 4.69) is 473 Å². The van der Waals surface area contributed by atoms with Crippen LogP contribution in [0.4, 0.5) is 0 Å². The highest BCUT2D eigenvalue weighted by molar-refractivity contribution is 6.14. The summed E-state index contributed by atoms with van der Waals surface area (Å²) < 4.78 is 0. The van der Waals surface area contributed by atoms with Crippen LogP contribution in [0.3, 0.4) is 0 Å². The van der Waals surface area contributed by atoms with Crippen molar-refractivity contribution in [1.82, 2.24) is 29.9 Å². The van der Waals surface area contributed by atoms with Crippen LogP contribution < -0.4 is 0 Å². The maximum Gasteiger partial charge on any atom is 0.193 e. The summed E-state index contributed by atoms with van der Waals surface area (Å²) in [6.45, 7) is 0. The summed E-state index contributed by atoms with van der Waals surface area (Å²) in [5.74, 6) is 2.83. The number of benzene rings is 20. The van der Waals surface area contributed by atoms with E-state index in [1.807, 2.05) is 36.4 Å². The second kappa shape index (κ2) is 35.9. The van der Waals surface area contributed by atoms with Crippen molar-refractivity contribution in [3.05, 3.63) is 543 Å². The first-order valence-corrected chi connectivity index (χ1v) is 45.7. The van der Waals surface area contributed by atoms with Crippen LogP contribution in [0.1, 0.15) is 38.2 Å². The van der Waals surface area contributed by atoms with Gasteiger partial charge < -0.3 is 0 Å². The molecule has 0 aliphatic heterocycles. The van der Waals surface area contributed by atoms with Gasteiger partial charge in [-0.15, -0.1) is 0 Å². The predicted molar refractivity (Wildman–Crippen MR) is 553 cm³/mol. The van der Waals surface area contributed by atoms with E-state index < -0.39 is 5.41 Å². The molecule has 0 saturated carbocycles. The third-order valence-electron chi connectivity index (χ3n) is 25.9. The molecular weight excluding hydrogens is 1640 g/mol. The molecule has 0 N–H and O–H groups in total. The van der Waals surface area contributed by atoms with E-state index in [1.165, 1.54) is 0 Å². The second-order valence-electron chi connectivity index (χ2n) is 34.4. The number of rotatable bonds is 20. The number of fused-ring (bicyclic) bond motifs is 2. The Labute approximate surface area is 785 Å². The van der Waals surface area contributed by atoms with E-state index in [0.717, 1.165) is 189 Å².